The molecule has 23 heavy (non-hydrogen) atoms. The second-order valence-corrected chi connectivity index (χ2v) is 7.17. The molecule has 0 bridgehead atoms. The summed E-state index contributed by atoms with van der Waals surface area (Å²) in [5.74, 6) is 0. The van der Waals surface area contributed by atoms with E-state index in [4.69, 9.17) is 0 Å². The van der Waals surface area contributed by atoms with Crippen molar-refractivity contribution in [3.63, 3.8) is 0 Å². The minimum Gasteiger partial charge on any atom is -0.387 e. The summed E-state index contributed by atoms with van der Waals surface area (Å²) in [6.45, 7) is -0.118. The maximum absolute atomic E-state index is 12.1. The Balaban J connectivity index is 1.80. The van der Waals surface area contributed by atoms with Crippen LogP contribution in [0.2, 0.25) is 0 Å². The first-order valence-corrected chi connectivity index (χ1v) is 8.56. The number of sulfonamides is 1. The highest BCUT2D eigenvalue weighted by Gasteiger charge is 2.20. The number of hydrogen-bond acceptors (Lipinski definition) is 4. The van der Waals surface area contributed by atoms with Crippen molar-refractivity contribution >= 4 is 20.9 Å². The molecule has 0 aliphatic rings. The number of aliphatic hydroxyl groups is 1. The summed E-state index contributed by atoms with van der Waals surface area (Å²) in [4.78, 5) is 3.82. The monoisotopic (exact) mass is 334 g/mol. The molecule has 2 N–H and O–H groups in total. The van der Waals surface area contributed by atoms with Gasteiger partial charge in [0, 0.05) is 49.5 Å². The van der Waals surface area contributed by atoms with Gasteiger partial charge in [0.1, 0.15) is 0 Å². The third kappa shape index (κ3) is 3.00. The number of nitrogens with one attached hydrogen (secondary N) is 1. The smallest absolute Gasteiger partial charge is 0.259 e. The third-order valence-electron chi connectivity index (χ3n) is 3.71. The van der Waals surface area contributed by atoms with Crippen molar-refractivity contribution in [3.05, 3.63) is 48.5 Å². The number of aromatic nitrogens is 3. The molecule has 0 spiro atoms. The first-order valence-electron chi connectivity index (χ1n) is 7.08. The molecule has 0 aliphatic heterocycles. The van der Waals surface area contributed by atoms with Crippen LogP contribution in [0.25, 0.3) is 10.9 Å². The Hall–Kier alpha value is -2.16. The van der Waals surface area contributed by atoms with E-state index >= 15 is 0 Å². The van der Waals surface area contributed by atoms with E-state index in [-0.39, 0.29) is 11.6 Å². The number of nitrogens with zero attached hydrogens (tertiary/aromatic N) is 3. The molecule has 2 heterocycles. The van der Waals surface area contributed by atoms with Gasteiger partial charge in [-0.2, -0.15) is 0 Å². The van der Waals surface area contributed by atoms with Crippen LogP contribution < -0.4 is 4.72 Å². The van der Waals surface area contributed by atoms with Crippen molar-refractivity contribution in [2.24, 2.45) is 14.1 Å². The molecule has 3 aromatic rings. The highest BCUT2D eigenvalue weighted by molar-refractivity contribution is 7.89. The van der Waals surface area contributed by atoms with E-state index in [0.717, 1.165) is 10.9 Å². The number of imidazole rings is 1. The van der Waals surface area contributed by atoms with Crippen LogP contribution in [0.4, 0.5) is 0 Å². The SMILES string of the molecule is Cn1cnc(S(=O)(=O)NC[C@@H](O)c2cn(C)c3ccccc23)c1. The van der Waals surface area contributed by atoms with Gasteiger partial charge in [-0.15, -0.1) is 0 Å². The summed E-state index contributed by atoms with van der Waals surface area (Å²) < 4.78 is 30.1. The van der Waals surface area contributed by atoms with Crippen molar-refractivity contribution in [2.45, 2.75) is 11.1 Å². The molecule has 0 unspecified atom stereocenters. The number of fused-ring (bicyclic) bond motifs is 1. The molecule has 0 radical (unpaired) electrons. The normalized spacial score (nSPS) is 13.5. The molecular weight excluding hydrogens is 316 g/mol. The van der Waals surface area contributed by atoms with Crippen LogP contribution in [-0.2, 0) is 24.1 Å². The molecule has 0 fully saturated rings. The van der Waals surface area contributed by atoms with Gasteiger partial charge in [-0.25, -0.2) is 18.1 Å². The quantitative estimate of drug-likeness (QED) is 0.726. The minimum atomic E-state index is -3.74. The van der Waals surface area contributed by atoms with Gasteiger partial charge >= 0.3 is 0 Å². The molecule has 2 aromatic heterocycles. The molecular formula is C15H18N4O3S. The Labute approximate surface area is 134 Å². The fourth-order valence-electron chi connectivity index (χ4n) is 2.54. The molecule has 7 nitrogen and oxygen atoms in total. The molecule has 0 saturated carbocycles. The van der Waals surface area contributed by atoms with Crippen molar-refractivity contribution in [3.8, 4) is 0 Å². The third-order valence-corrected chi connectivity index (χ3v) is 5.02. The summed E-state index contributed by atoms with van der Waals surface area (Å²) in [6.07, 6.45) is 3.69. The zero-order chi connectivity index (χ0) is 16.6. The maximum atomic E-state index is 12.1. The molecule has 122 valence electrons. The lowest BCUT2D eigenvalue weighted by molar-refractivity contribution is 0.183. The van der Waals surface area contributed by atoms with E-state index in [1.807, 2.05) is 42.1 Å². The number of rotatable bonds is 5. The van der Waals surface area contributed by atoms with Crippen LogP contribution in [0.5, 0.6) is 0 Å². The van der Waals surface area contributed by atoms with Gasteiger partial charge in [-0.1, -0.05) is 18.2 Å². The van der Waals surface area contributed by atoms with Crippen molar-refractivity contribution in [1.82, 2.24) is 18.8 Å². The van der Waals surface area contributed by atoms with E-state index in [0.29, 0.717) is 5.56 Å². The van der Waals surface area contributed by atoms with Gasteiger partial charge in [0.2, 0.25) is 0 Å². The van der Waals surface area contributed by atoms with Gasteiger partial charge in [-0.3, -0.25) is 0 Å². The Kier molecular flexibility index (Phi) is 3.97. The van der Waals surface area contributed by atoms with Crippen molar-refractivity contribution in [2.75, 3.05) is 6.54 Å². The highest BCUT2D eigenvalue weighted by Crippen LogP contribution is 2.25. The lowest BCUT2D eigenvalue weighted by atomic mass is 10.1. The minimum absolute atomic E-state index is 0.0647. The van der Waals surface area contributed by atoms with Crippen LogP contribution >= 0.6 is 0 Å². The summed E-state index contributed by atoms with van der Waals surface area (Å²) in [5.41, 5.74) is 1.67. The second-order valence-electron chi connectivity index (χ2n) is 5.46. The Bertz CT molecular complexity index is 943. The highest BCUT2D eigenvalue weighted by atomic mass is 32.2. The van der Waals surface area contributed by atoms with Gasteiger partial charge in [0.15, 0.2) is 5.03 Å². The Morgan fingerprint density at radius 2 is 2.00 bits per heavy atom. The van der Waals surface area contributed by atoms with Crippen LogP contribution in [0.15, 0.2) is 48.0 Å². The summed E-state index contributed by atoms with van der Waals surface area (Å²) in [5, 5.41) is 11.2. The summed E-state index contributed by atoms with van der Waals surface area (Å²) in [6, 6.07) is 7.66. The second kappa shape index (κ2) is 5.80. The zero-order valence-electron chi connectivity index (χ0n) is 12.8. The van der Waals surface area contributed by atoms with Gasteiger partial charge in [-0.05, 0) is 6.07 Å². The topological polar surface area (TPSA) is 89.2 Å². The predicted molar refractivity (Wildman–Crippen MR) is 86.3 cm³/mol. The Morgan fingerprint density at radius 3 is 2.70 bits per heavy atom. The lowest BCUT2D eigenvalue weighted by Gasteiger charge is -2.10. The van der Waals surface area contributed by atoms with Crippen molar-refractivity contribution < 1.29 is 13.5 Å². The van der Waals surface area contributed by atoms with Crippen LogP contribution in [0, 0.1) is 0 Å². The van der Waals surface area contributed by atoms with Gasteiger partial charge < -0.3 is 14.2 Å². The molecule has 0 amide bonds. The van der Waals surface area contributed by atoms with E-state index in [2.05, 4.69) is 9.71 Å². The standard InChI is InChI=1S/C15H18N4O3S/c1-18-9-15(16-10-18)23(21,22)17-7-14(20)12-8-19(2)13-6-4-3-5-11(12)13/h3-6,8-10,14,17,20H,7H2,1-2H3/t14-/m1/s1. The number of aliphatic hydroxyl groups excluding tert-OH is 1. The zero-order valence-corrected chi connectivity index (χ0v) is 13.7. The predicted octanol–water partition coefficient (Wildman–Crippen LogP) is 0.924. The maximum Gasteiger partial charge on any atom is 0.259 e. The van der Waals surface area contributed by atoms with E-state index in [1.54, 1.807) is 11.6 Å². The molecule has 1 atom stereocenters. The number of hydrogen-bond donors (Lipinski definition) is 2. The number of aryl methyl sites for hydroxylation is 2. The molecule has 0 aliphatic carbocycles. The molecule has 8 heteroatoms. The number of benzene rings is 1. The van der Waals surface area contributed by atoms with Gasteiger partial charge in [0.25, 0.3) is 10.0 Å². The fourth-order valence-corrected chi connectivity index (χ4v) is 3.55. The summed E-state index contributed by atoms with van der Waals surface area (Å²) in [7, 11) is -0.161. The largest absolute Gasteiger partial charge is 0.387 e. The molecule has 0 saturated heterocycles. The average molecular weight is 334 g/mol. The van der Waals surface area contributed by atoms with E-state index in [1.165, 1.54) is 12.5 Å². The van der Waals surface area contributed by atoms with Crippen LogP contribution in [-0.4, -0.2) is 34.2 Å². The summed E-state index contributed by atoms with van der Waals surface area (Å²) >= 11 is 0. The van der Waals surface area contributed by atoms with E-state index in [9.17, 15) is 13.5 Å². The number of para-hydroxylation sites is 1. The lowest BCUT2D eigenvalue weighted by Crippen LogP contribution is -2.28. The van der Waals surface area contributed by atoms with Crippen LogP contribution in [0.3, 0.4) is 0 Å². The molecule has 1 aromatic carbocycles. The van der Waals surface area contributed by atoms with Gasteiger partial charge in [0.05, 0.1) is 12.4 Å². The molecule has 3 rings (SSSR count). The fraction of sp³-hybridized carbons (Fsp3) is 0.267. The first kappa shape index (κ1) is 15.7. The van der Waals surface area contributed by atoms with E-state index < -0.39 is 16.1 Å². The first-order chi connectivity index (χ1) is 10.9. The average Bonchev–Trinajstić information content (AvgIpc) is 3.10. The van der Waals surface area contributed by atoms with Crippen LogP contribution in [0.1, 0.15) is 11.7 Å². The van der Waals surface area contributed by atoms with Crippen molar-refractivity contribution in [1.29, 1.82) is 0 Å². The Morgan fingerprint density at radius 1 is 1.26 bits per heavy atom.